The molecule has 7 heteroatoms. The maximum Gasteiger partial charge on any atom is 0.254 e. The Labute approximate surface area is 140 Å². The van der Waals surface area contributed by atoms with Crippen molar-refractivity contribution < 1.29 is 14.3 Å². The summed E-state index contributed by atoms with van der Waals surface area (Å²) in [7, 11) is 3.06. The van der Waals surface area contributed by atoms with Crippen molar-refractivity contribution in [1.82, 2.24) is 9.55 Å². The molecule has 1 aromatic carbocycles. The number of rotatable bonds is 6. The number of nitrogens with zero attached hydrogens (tertiary/aromatic N) is 2. The van der Waals surface area contributed by atoms with Crippen LogP contribution in [-0.4, -0.2) is 29.7 Å². The first-order chi connectivity index (χ1) is 11.4. The summed E-state index contributed by atoms with van der Waals surface area (Å²) in [6.07, 6.45) is 1.39. The van der Waals surface area contributed by atoms with Crippen LogP contribution in [0.5, 0.6) is 11.5 Å². The van der Waals surface area contributed by atoms with E-state index in [1.165, 1.54) is 31.2 Å². The van der Waals surface area contributed by atoms with Crippen LogP contribution in [0.2, 0.25) is 0 Å². The zero-order valence-electron chi connectivity index (χ0n) is 14.2. The van der Waals surface area contributed by atoms with E-state index in [1.807, 2.05) is 13.8 Å². The fraction of sp³-hybridized carbons (Fsp3) is 0.353. The molecule has 1 amide bonds. The van der Waals surface area contributed by atoms with Gasteiger partial charge < -0.3 is 14.8 Å². The van der Waals surface area contributed by atoms with Crippen LogP contribution < -0.4 is 20.3 Å². The molecule has 0 atom stereocenters. The molecule has 1 N–H and O–H groups in total. The van der Waals surface area contributed by atoms with E-state index in [4.69, 9.17) is 9.47 Å². The van der Waals surface area contributed by atoms with E-state index in [0.717, 1.165) is 0 Å². The Bertz CT molecular complexity index is 784. The standard InChI is InChI=1S/C17H21N3O4/c1-11(2)13-8-17(22)20(10-18-13)9-16(21)19-12-5-6-14(23-3)15(7-12)24-4/h5-8,10-11H,9H2,1-4H3,(H,19,21). The normalized spacial score (nSPS) is 10.5. The van der Waals surface area contributed by atoms with Gasteiger partial charge in [-0.25, -0.2) is 4.98 Å². The maximum atomic E-state index is 12.1. The van der Waals surface area contributed by atoms with Gasteiger partial charge in [0, 0.05) is 17.8 Å². The molecule has 128 valence electrons. The highest BCUT2D eigenvalue weighted by Crippen LogP contribution is 2.29. The predicted molar refractivity (Wildman–Crippen MR) is 90.8 cm³/mol. The summed E-state index contributed by atoms with van der Waals surface area (Å²) < 4.78 is 11.6. The molecule has 0 fully saturated rings. The number of anilines is 1. The van der Waals surface area contributed by atoms with Crippen molar-refractivity contribution >= 4 is 11.6 Å². The SMILES string of the molecule is COc1ccc(NC(=O)Cn2cnc(C(C)C)cc2=O)cc1OC. The van der Waals surface area contributed by atoms with Gasteiger partial charge in [0.25, 0.3) is 5.56 Å². The number of methoxy groups -OCH3 is 2. The Morgan fingerprint density at radius 1 is 1.21 bits per heavy atom. The lowest BCUT2D eigenvalue weighted by molar-refractivity contribution is -0.116. The number of nitrogens with one attached hydrogen (secondary N) is 1. The Balaban J connectivity index is 2.10. The van der Waals surface area contributed by atoms with Crippen molar-refractivity contribution in [2.75, 3.05) is 19.5 Å². The number of hydrogen-bond donors (Lipinski definition) is 1. The van der Waals surface area contributed by atoms with Gasteiger partial charge in [-0.1, -0.05) is 13.8 Å². The molecule has 0 spiro atoms. The third kappa shape index (κ3) is 4.13. The second kappa shape index (κ2) is 7.63. The van der Waals surface area contributed by atoms with Crippen LogP contribution in [0.25, 0.3) is 0 Å². The second-order valence-electron chi connectivity index (χ2n) is 5.55. The van der Waals surface area contributed by atoms with Gasteiger partial charge in [-0.2, -0.15) is 0 Å². The van der Waals surface area contributed by atoms with Crippen LogP contribution in [0.1, 0.15) is 25.5 Å². The maximum absolute atomic E-state index is 12.1. The second-order valence-corrected chi connectivity index (χ2v) is 5.55. The molecule has 0 aliphatic carbocycles. The zero-order valence-corrected chi connectivity index (χ0v) is 14.2. The lowest BCUT2D eigenvalue weighted by atomic mass is 10.1. The van der Waals surface area contributed by atoms with Gasteiger partial charge in [0.2, 0.25) is 5.91 Å². The van der Waals surface area contributed by atoms with Crippen LogP contribution >= 0.6 is 0 Å². The molecule has 0 aliphatic heterocycles. The van der Waals surface area contributed by atoms with E-state index in [9.17, 15) is 9.59 Å². The molecule has 2 aromatic rings. The summed E-state index contributed by atoms with van der Waals surface area (Å²) in [6.45, 7) is 3.80. The molecule has 2 rings (SSSR count). The van der Waals surface area contributed by atoms with Crippen LogP contribution in [0.3, 0.4) is 0 Å². The van der Waals surface area contributed by atoms with Crippen LogP contribution in [-0.2, 0) is 11.3 Å². The van der Waals surface area contributed by atoms with E-state index in [-0.39, 0.29) is 23.9 Å². The van der Waals surface area contributed by atoms with Gasteiger partial charge in [-0.15, -0.1) is 0 Å². The molecule has 1 aromatic heterocycles. The molecular weight excluding hydrogens is 310 g/mol. The molecule has 1 heterocycles. The molecule has 0 saturated heterocycles. The van der Waals surface area contributed by atoms with Crippen molar-refractivity contribution in [1.29, 1.82) is 0 Å². The number of aromatic nitrogens is 2. The van der Waals surface area contributed by atoms with Gasteiger partial charge in [0.05, 0.1) is 26.2 Å². The smallest absolute Gasteiger partial charge is 0.254 e. The molecule has 0 aliphatic rings. The number of carbonyl (C=O) groups excluding carboxylic acids is 1. The Hall–Kier alpha value is -2.83. The van der Waals surface area contributed by atoms with Crippen LogP contribution in [0.15, 0.2) is 35.4 Å². The van der Waals surface area contributed by atoms with E-state index in [0.29, 0.717) is 22.9 Å². The Morgan fingerprint density at radius 2 is 1.92 bits per heavy atom. The minimum atomic E-state index is -0.330. The van der Waals surface area contributed by atoms with E-state index < -0.39 is 0 Å². The molecule has 0 unspecified atom stereocenters. The average Bonchev–Trinajstić information content (AvgIpc) is 2.56. The van der Waals surface area contributed by atoms with Gasteiger partial charge in [0.15, 0.2) is 11.5 Å². The highest BCUT2D eigenvalue weighted by Gasteiger charge is 2.10. The van der Waals surface area contributed by atoms with Gasteiger partial charge in [-0.05, 0) is 18.1 Å². The largest absolute Gasteiger partial charge is 0.493 e. The average molecular weight is 331 g/mol. The summed E-state index contributed by atoms with van der Waals surface area (Å²) in [6, 6.07) is 6.50. The summed E-state index contributed by atoms with van der Waals surface area (Å²) >= 11 is 0. The molecule has 0 radical (unpaired) electrons. The van der Waals surface area contributed by atoms with Gasteiger partial charge in [-0.3, -0.25) is 14.2 Å². The number of benzene rings is 1. The first kappa shape index (κ1) is 17.5. The molecule has 0 saturated carbocycles. The number of amides is 1. The van der Waals surface area contributed by atoms with Crippen molar-refractivity contribution in [2.24, 2.45) is 0 Å². The Morgan fingerprint density at radius 3 is 2.50 bits per heavy atom. The molecular formula is C17H21N3O4. The lowest BCUT2D eigenvalue weighted by Crippen LogP contribution is -2.28. The summed E-state index contributed by atoms with van der Waals surface area (Å²) in [5.74, 6) is 0.909. The topological polar surface area (TPSA) is 82.5 Å². The first-order valence-corrected chi connectivity index (χ1v) is 7.53. The van der Waals surface area contributed by atoms with Crippen molar-refractivity contribution in [3.05, 3.63) is 46.6 Å². The van der Waals surface area contributed by atoms with Crippen molar-refractivity contribution in [3.8, 4) is 11.5 Å². The number of ether oxygens (including phenoxy) is 2. The molecule has 0 bridgehead atoms. The fourth-order valence-corrected chi connectivity index (χ4v) is 2.14. The van der Waals surface area contributed by atoms with Gasteiger partial charge in [0.1, 0.15) is 6.54 Å². The van der Waals surface area contributed by atoms with Gasteiger partial charge >= 0.3 is 0 Å². The highest BCUT2D eigenvalue weighted by molar-refractivity contribution is 5.90. The Kier molecular flexibility index (Phi) is 5.57. The van der Waals surface area contributed by atoms with Crippen LogP contribution in [0.4, 0.5) is 5.69 Å². The number of carbonyl (C=O) groups is 1. The summed E-state index contributed by atoms with van der Waals surface area (Å²) in [5, 5.41) is 2.72. The number of hydrogen-bond acceptors (Lipinski definition) is 5. The van der Waals surface area contributed by atoms with E-state index in [2.05, 4.69) is 10.3 Å². The minimum Gasteiger partial charge on any atom is -0.493 e. The quantitative estimate of drug-likeness (QED) is 0.876. The summed E-state index contributed by atoms with van der Waals surface area (Å²) in [5.41, 5.74) is 1.00. The van der Waals surface area contributed by atoms with Crippen molar-refractivity contribution in [2.45, 2.75) is 26.3 Å². The third-order valence-corrected chi connectivity index (χ3v) is 3.47. The molecule has 7 nitrogen and oxygen atoms in total. The fourth-order valence-electron chi connectivity index (χ4n) is 2.14. The van der Waals surface area contributed by atoms with Crippen molar-refractivity contribution in [3.63, 3.8) is 0 Å². The lowest BCUT2D eigenvalue weighted by Gasteiger charge is -2.11. The highest BCUT2D eigenvalue weighted by atomic mass is 16.5. The predicted octanol–water partition coefficient (Wildman–Crippen LogP) is 2.02. The van der Waals surface area contributed by atoms with Crippen LogP contribution in [0, 0.1) is 0 Å². The zero-order chi connectivity index (χ0) is 17.7. The third-order valence-electron chi connectivity index (χ3n) is 3.47. The van der Waals surface area contributed by atoms with E-state index >= 15 is 0 Å². The monoisotopic (exact) mass is 331 g/mol. The minimum absolute atomic E-state index is 0.113. The molecule has 24 heavy (non-hydrogen) atoms. The summed E-state index contributed by atoms with van der Waals surface area (Å²) in [4.78, 5) is 28.4. The first-order valence-electron chi connectivity index (χ1n) is 7.53. The van der Waals surface area contributed by atoms with E-state index in [1.54, 1.807) is 18.2 Å².